The molecule has 6 rings (SSSR count). The minimum atomic E-state index is -0.805. The molecule has 0 radical (unpaired) electrons. The van der Waals surface area contributed by atoms with Crippen LogP contribution in [0.3, 0.4) is 0 Å². The summed E-state index contributed by atoms with van der Waals surface area (Å²) in [5.41, 5.74) is 11.1. The first-order valence-corrected chi connectivity index (χ1v) is 18.1. The number of tetrazole rings is 1. The van der Waals surface area contributed by atoms with E-state index in [9.17, 15) is 14.4 Å². The fourth-order valence-electron chi connectivity index (χ4n) is 7.00. The minimum Gasteiger partial charge on any atom is -0.349 e. The number of likely N-dealkylation sites (tertiary alicyclic amines) is 1. The molecule has 3 amide bonds. The number of halogens is 2. The van der Waals surface area contributed by atoms with Gasteiger partial charge in [0.1, 0.15) is 6.04 Å². The number of carbonyl (C=O) groups excluding carboxylic acids is 3. The molecule has 2 heterocycles. The second-order valence-corrected chi connectivity index (χ2v) is 14.2. The molecule has 1 saturated carbocycles. The maximum Gasteiger partial charge on any atom is 0.251 e. The number of benzene rings is 3. The average Bonchev–Trinajstić information content (AvgIpc) is 3.69. The normalized spacial score (nSPS) is 18.5. The number of nitrogens with two attached hydrogens (primary N) is 1. The molecule has 2 aliphatic rings. The molecular weight excluding hydrogens is 701 g/mol. The summed E-state index contributed by atoms with van der Waals surface area (Å²) in [6.45, 7) is 4.43. The van der Waals surface area contributed by atoms with E-state index in [1.54, 1.807) is 24.3 Å². The van der Waals surface area contributed by atoms with Crippen LogP contribution in [-0.2, 0) is 16.0 Å². The van der Waals surface area contributed by atoms with E-state index in [0.717, 1.165) is 79.4 Å². The molecule has 276 valence electrons. The van der Waals surface area contributed by atoms with Crippen molar-refractivity contribution in [2.45, 2.75) is 64.0 Å². The van der Waals surface area contributed by atoms with Crippen LogP contribution in [0.15, 0.2) is 60.7 Å². The number of anilines is 1. The van der Waals surface area contributed by atoms with E-state index >= 15 is 0 Å². The van der Waals surface area contributed by atoms with Crippen LogP contribution < -0.4 is 21.7 Å². The predicted molar refractivity (Wildman–Crippen MR) is 205 cm³/mol. The number of hydrogen-bond donors (Lipinski definition) is 5. The molecule has 0 bridgehead atoms. The van der Waals surface area contributed by atoms with Gasteiger partial charge in [-0.25, -0.2) is 0 Å². The Morgan fingerprint density at radius 1 is 0.942 bits per heavy atom. The van der Waals surface area contributed by atoms with Crippen LogP contribution in [0.4, 0.5) is 5.69 Å². The van der Waals surface area contributed by atoms with Gasteiger partial charge in [0.2, 0.25) is 17.6 Å². The molecule has 0 unspecified atom stereocenters. The predicted octanol–water partition coefficient (Wildman–Crippen LogP) is 5.17. The molecule has 1 saturated heterocycles. The van der Waals surface area contributed by atoms with E-state index in [2.05, 4.69) is 48.5 Å². The highest BCUT2D eigenvalue weighted by atomic mass is 35.5. The van der Waals surface area contributed by atoms with E-state index in [-0.39, 0.29) is 42.1 Å². The van der Waals surface area contributed by atoms with E-state index < -0.39 is 6.04 Å². The summed E-state index contributed by atoms with van der Waals surface area (Å²) in [7, 11) is 2.10. The van der Waals surface area contributed by atoms with Crippen molar-refractivity contribution in [1.82, 2.24) is 36.2 Å². The smallest absolute Gasteiger partial charge is 0.251 e. The second kappa shape index (κ2) is 17.9. The van der Waals surface area contributed by atoms with Crippen LogP contribution >= 0.6 is 24.0 Å². The maximum atomic E-state index is 13.7. The number of aromatic nitrogens is 4. The molecule has 1 aromatic heterocycles. The van der Waals surface area contributed by atoms with Crippen LogP contribution in [0.1, 0.15) is 60.0 Å². The summed E-state index contributed by atoms with van der Waals surface area (Å²) in [5.74, 6) is 0.204. The molecule has 6 N–H and O–H groups in total. The summed E-state index contributed by atoms with van der Waals surface area (Å²) in [5, 5.41) is 23.7. The average molecular weight is 749 g/mol. The van der Waals surface area contributed by atoms with E-state index in [0.29, 0.717) is 41.0 Å². The van der Waals surface area contributed by atoms with Crippen molar-refractivity contribution in [2.75, 3.05) is 32.0 Å². The van der Waals surface area contributed by atoms with Crippen molar-refractivity contribution in [2.24, 2.45) is 17.6 Å². The maximum absolute atomic E-state index is 13.7. The molecule has 1 aliphatic heterocycles. The zero-order valence-corrected chi connectivity index (χ0v) is 31.1. The Hall–Kier alpha value is -4.36. The summed E-state index contributed by atoms with van der Waals surface area (Å²) >= 11 is 6.86. The summed E-state index contributed by atoms with van der Waals surface area (Å²) < 4.78 is 0. The van der Waals surface area contributed by atoms with Gasteiger partial charge in [-0.3, -0.25) is 14.4 Å². The summed E-state index contributed by atoms with van der Waals surface area (Å²) in [6, 6.07) is 18.0. The lowest BCUT2D eigenvalue weighted by molar-refractivity contribution is -0.130. The Labute approximate surface area is 315 Å². The van der Waals surface area contributed by atoms with Crippen molar-refractivity contribution in [3.63, 3.8) is 0 Å². The van der Waals surface area contributed by atoms with Gasteiger partial charge < -0.3 is 26.6 Å². The Kier molecular flexibility index (Phi) is 13.4. The molecule has 2 fully saturated rings. The first-order chi connectivity index (χ1) is 24.7. The van der Waals surface area contributed by atoms with Crippen LogP contribution in [0.5, 0.6) is 0 Å². The van der Waals surface area contributed by atoms with Gasteiger partial charge in [0, 0.05) is 40.8 Å². The van der Waals surface area contributed by atoms with E-state index in [1.165, 1.54) is 0 Å². The number of rotatable bonds is 11. The number of carbonyl (C=O) groups is 3. The topological polar surface area (TPSA) is 171 Å². The van der Waals surface area contributed by atoms with Gasteiger partial charge in [-0.05, 0) is 130 Å². The van der Waals surface area contributed by atoms with Crippen LogP contribution in [0, 0.1) is 18.8 Å². The third-order valence-corrected chi connectivity index (χ3v) is 10.8. The number of H-pyrrole nitrogens is 1. The third-order valence-electron chi connectivity index (χ3n) is 10.3. The van der Waals surface area contributed by atoms with Gasteiger partial charge in [0.05, 0.1) is 5.02 Å². The Morgan fingerprint density at radius 3 is 2.25 bits per heavy atom. The second-order valence-electron chi connectivity index (χ2n) is 13.9. The molecule has 1 aliphatic carbocycles. The standard InChI is InChI=1S/C38H46ClN9O3.ClH/c1-23-31(37(50)41-30-17-19-48(2)20-18-30)15-16-32(34(23)39)26-7-3-24(4-8-26)21-33(43-36(49)28-9-5-25(22-40)6-10-28)38(51)42-29-13-11-27(12-14-29)35-44-46-47-45-35;/h3-4,7-8,11-16,25,28,30,33H,5-6,9-10,17-22,40H2,1-2H3,(H,41,50)(H,42,51)(H,43,49)(H,44,45,46,47);1H/t25?,28?,33-;/m0./s1. The van der Waals surface area contributed by atoms with Gasteiger partial charge in [-0.2, -0.15) is 5.21 Å². The number of piperidine rings is 1. The Balaban J connectivity index is 0.00000523. The molecule has 12 nitrogen and oxygen atoms in total. The quantitative estimate of drug-likeness (QED) is 0.140. The molecule has 4 aromatic rings. The van der Waals surface area contributed by atoms with Crippen molar-refractivity contribution in [1.29, 1.82) is 0 Å². The van der Waals surface area contributed by atoms with Crippen molar-refractivity contribution < 1.29 is 14.4 Å². The monoisotopic (exact) mass is 747 g/mol. The highest BCUT2D eigenvalue weighted by Gasteiger charge is 2.30. The van der Waals surface area contributed by atoms with Gasteiger partial charge in [-0.1, -0.05) is 41.9 Å². The van der Waals surface area contributed by atoms with Crippen LogP contribution in [0.25, 0.3) is 22.5 Å². The van der Waals surface area contributed by atoms with Crippen LogP contribution in [-0.4, -0.2) is 82.0 Å². The SMILES string of the molecule is Cc1c(C(=O)NC2CCN(C)CC2)ccc(-c2ccc(C[C@H](NC(=O)C3CCC(CN)CC3)C(=O)Nc3ccc(-c4nn[nH]n4)cc3)cc2)c1Cl.Cl. The van der Waals surface area contributed by atoms with Crippen molar-refractivity contribution in [3.8, 4) is 22.5 Å². The van der Waals surface area contributed by atoms with Gasteiger partial charge >= 0.3 is 0 Å². The lowest BCUT2D eigenvalue weighted by Crippen LogP contribution is -2.48. The minimum absolute atomic E-state index is 0. The molecule has 14 heteroatoms. The number of hydrogen-bond acceptors (Lipinski definition) is 8. The lowest BCUT2D eigenvalue weighted by Gasteiger charge is -2.29. The Bertz CT molecular complexity index is 1800. The Morgan fingerprint density at radius 2 is 1.62 bits per heavy atom. The number of nitrogens with one attached hydrogen (secondary N) is 4. The molecule has 0 spiro atoms. The zero-order chi connectivity index (χ0) is 35.9. The highest BCUT2D eigenvalue weighted by molar-refractivity contribution is 6.34. The molecule has 3 aromatic carbocycles. The van der Waals surface area contributed by atoms with Crippen molar-refractivity contribution in [3.05, 3.63) is 82.4 Å². The molecule has 52 heavy (non-hydrogen) atoms. The molecular formula is C38H47Cl2N9O3. The molecule has 1 atom stereocenters. The number of nitrogens with zero attached hydrogens (tertiary/aromatic N) is 4. The third kappa shape index (κ3) is 9.54. The van der Waals surface area contributed by atoms with Crippen LogP contribution in [0.2, 0.25) is 5.02 Å². The largest absolute Gasteiger partial charge is 0.349 e. The van der Waals surface area contributed by atoms with Crippen molar-refractivity contribution >= 4 is 47.4 Å². The van der Waals surface area contributed by atoms with E-state index in [1.807, 2.05) is 43.3 Å². The van der Waals surface area contributed by atoms with E-state index in [4.69, 9.17) is 17.3 Å². The summed E-state index contributed by atoms with van der Waals surface area (Å²) in [4.78, 5) is 42.6. The van der Waals surface area contributed by atoms with Gasteiger partial charge in [0.25, 0.3) is 5.91 Å². The fourth-order valence-corrected chi connectivity index (χ4v) is 7.28. The lowest BCUT2D eigenvalue weighted by atomic mass is 9.81. The zero-order valence-electron chi connectivity index (χ0n) is 29.5. The number of aromatic amines is 1. The van der Waals surface area contributed by atoms with Gasteiger partial charge in [0.15, 0.2) is 0 Å². The fraction of sp³-hybridized carbons (Fsp3) is 0.421. The first kappa shape index (κ1) is 38.9. The number of amides is 3. The highest BCUT2D eigenvalue weighted by Crippen LogP contribution is 2.33. The van der Waals surface area contributed by atoms with Gasteiger partial charge in [-0.15, -0.1) is 22.6 Å². The summed E-state index contributed by atoms with van der Waals surface area (Å²) in [6.07, 6.45) is 5.48. The first-order valence-electron chi connectivity index (χ1n) is 17.7.